The third kappa shape index (κ3) is 2.13. The summed E-state index contributed by atoms with van der Waals surface area (Å²) in [6.07, 6.45) is 0. The molecule has 0 heterocycles. The predicted octanol–water partition coefficient (Wildman–Crippen LogP) is 3.40. The van der Waals surface area contributed by atoms with E-state index < -0.39 is 7.14 Å². The molecule has 2 heteroatoms. The summed E-state index contributed by atoms with van der Waals surface area (Å²) in [5, 5.41) is 3.34. The normalized spacial score (nSPS) is 11.9. The maximum absolute atomic E-state index is 11.9. The third-order valence-electron chi connectivity index (χ3n) is 2.60. The molecule has 0 radical (unpaired) electrons. The zero-order valence-electron chi connectivity index (χ0n) is 9.32. The molecule has 0 aliphatic rings. The van der Waals surface area contributed by atoms with Gasteiger partial charge in [-0.15, -0.1) is 0 Å². The van der Waals surface area contributed by atoms with Gasteiger partial charge in [0.2, 0.25) is 0 Å². The molecule has 0 aromatic heterocycles. The Kier molecular flexibility index (Phi) is 2.44. The van der Waals surface area contributed by atoms with Crippen LogP contribution in [0.15, 0.2) is 36.4 Å². The van der Waals surface area contributed by atoms with Crippen molar-refractivity contribution in [3.8, 4) is 0 Å². The van der Waals surface area contributed by atoms with E-state index >= 15 is 0 Å². The summed E-state index contributed by atoms with van der Waals surface area (Å²) in [6, 6.07) is 12.4. The first-order valence-corrected chi connectivity index (χ1v) is 7.63. The highest BCUT2D eigenvalue weighted by Gasteiger charge is 2.10. The van der Waals surface area contributed by atoms with Crippen molar-refractivity contribution in [3.63, 3.8) is 0 Å². The molecule has 2 rings (SSSR count). The first kappa shape index (κ1) is 10.4. The minimum atomic E-state index is -2.13. The molecule has 1 nitrogen and oxygen atoms in total. The average molecular weight is 218 g/mol. The van der Waals surface area contributed by atoms with Crippen molar-refractivity contribution in [1.29, 1.82) is 0 Å². The number of rotatable bonds is 1. The standard InChI is InChI=1S/C13H15OP/c1-10-4-5-12-9-13(15(2,3)14)7-6-11(12)8-10/h4-9H,1-3H3. The zero-order chi connectivity index (χ0) is 11.1. The van der Waals surface area contributed by atoms with Gasteiger partial charge < -0.3 is 4.57 Å². The number of hydrogen-bond donors (Lipinski definition) is 0. The maximum Gasteiger partial charge on any atom is 0.109 e. The summed E-state index contributed by atoms with van der Waals surface area (Å²) in [4.78, 5) is 0. The second kappa shape index (κ2) is 3.50. The van der Waals surface area contributed by atoms with E-state index in [1.807, 2.05) is 25.5 Å². The molecule has 0 fully saturated rings. The lowest BCUT2D eigenvalue weighted by Crippen LogP contribution is -2.01. The van der Waals surface area contributed by atoms with Gasteiger partial charge in [0, 0.05) is 5.30 Å². The van der Waals surface area contributed by atoms with Gasteiger partial charge >= 0.3 is 0 Å². The monoisotopic (exact) mass is 218 g/mol. The van der Waals surface area contributed by atoms with Gasteiger partial charge in [-0.25, -0.2) is 0 Å². The Hall–Kier alpha value is -1.07. The summed E-state index contributed by atoms with van der Waals surface area (Å²) >= 11 is 0. The molecule has 0 aliphatic heterocycles. The molecular weight excluding hydrogens is 203 g/mol. The van der Waals surface area contributed by atoms with Crippen LogP contribution in [0.5, 0.6) is 0 Å². The van der Waals surface area contributed by atoms with E-state index in [-0.39, 0.29) is 0 Å². The molecule has 78 valence electrons. The van der Waals surface area contributed by atoms with Gasteiger partial charge in [0.1, 0.15) is 7.14 Å². The summed E-state index contributed by atoms with van der Waals surface area (Å²) in [5.41, 5.74) is 1.26. The van der Waals surface area contributed by atoms with Gasteiger partial charge in [-0.3, -0.25) is 0 Å². The Morgan fingerprint density at radius 1 is 0.933 bits per heavy atom. The van der Waals surface area contributed by atoms with Gasteiger partial charge in [-0.2, -0.15) is 0 Å². The van der Waals surface area contributed by atoms with Crippen LogP contribution >= 0.6 is 7.14 Å². The Balaban J connectivity index is 2.67. The third-order valence-corrected chi connectivity index (χ3v) is 4.12. The Morgan fingerprint density at radius 3 is 2.20 bits per heavy atom. The molecule has 0 aliphatic carbocycles. The van der Waals surface area contributed by atoms with Crippen LogP contribution in [0.4, 0.5) is 0 Å². The van der Waals surface area contributed by atoms with Gasteiger partial charge in [-0.1, -0.05) is 35.9 Å². The molecule has 0 N–H and O–H groups in total. The van der Waals surface area contributed by atoms with E-state index in [2.05, 4.69) is 31.2 Å². The highest BCUT2D eigenvalue weighted by atomic mass is 31.2. The molecule has 2 aromatic carbocycles. The van der Waals surface area contributed by atoms with Crippen molar-refractivity contribution < 1.29 is 4.57 Å². The lowest BCUT2D eigenvalue weighted by molar-refractivity contribution is 0.588. The molecule has 15 heavy (non-hydrogen) atoms. The molecule has 0 amide bonds. The minimum absolute atomic E-state index is 0.957. The van der Waals surface area contributed by atoms with Crippen molar-refractivity contribution in [3.05, 3.63) is 42.0 Å². The van der Waals surface area contributed by atoms with Gasteiger partial charge in [0.25, 0.3) is 0 Å². The van der Waals surface area contributed by atoms with Crippen molar-refractivity contribution in [2.45, 2.75) is 6.92 Å². The molecule has 0 bridgehead atoms. The largest absolute Gasteiger partial charge is 0.319 e. The van der Waals surface area contributed by atoms with Crippen LogP contribution in [-0.2, 0) is 4.57 Å². The molecule has 0 atom stereocenters. The van der Waals surface area contributed by atoms with E-state index in [0.29, 0.717) is 0 Å². The van der Waals surface area contributed by atoms with E-state index in [4.69, 9.17) is 0 Å². The first-order valence-electron chi connectivity index (χ1n) is 5.03. The van der Waals surface area contributed by atoms with Crippen LogP contribution < -0.4 is 5.30 Å². The number of hydrogen-bond acceptors (Lipinski definition) is 1. The fourth-order valence-electron chi connectivity index (χ4n) is 1.69. The second-order valence-electron chi connectivity index (χ2n) is 4.39. The molecule has 0 saturated carbocycles. The van der Waals surface area contributed by atoms with E-state index in [1.54, 1.807) is 0 Å². The summed E-state index contributed by atoms with van der Waals surface area (Å²) in [6.45, 7) is 5.70. The molecular formula is C13H15OP. The van der Waals surface area contributed by atoms with Gasteiger partial charge in [0.05, 0.1) is 0 Å². The van der Waals surface area contributed by atoms with Crippen LogP contribution in [-0.4, -0.2) is 13.3 Å². The lowest BCUT2D eigenvalue weighted by atomic mass is 10.1. The van der Waals surface area contributed by atoms with Gasteiger partial charge in [0.15, 0.2) is 0 Å². The first-order chi connectivity index (χ1) is 6.97. The van der Waals surface area contributed by atoms with Crippen LogP contribution in [0.2, 0.25) is 0 Å². The van der Waals surface area contributed by atoms with Crippen LogP contribution in [0, 0.1) is 6.92 Å². The van der Waals surface area contributed by atoms with Crippen LogP contribution in [0.1, 0.15) is 5.56 Å². The molecule has 0 spiro atoms. The van der Waals surface area contributed by atoms with Crippen molar-refractivity contribution in [2.75, 3.05) is 13.3 Å². The Morgan fingerprint density at radius 2 is 1.53 bits per heavy atom. The topological polar surface area (TPSA) is 17.1 Å². The highest BCUT2D eigenvalue weighted by Crippen LogP contribution is 2.35. The van der Waals surface area contributed by atoms with Crippen LogP contribution in [0.25, 0.3) is 10.8 Å². The van der Waals surface area contributed by atoms with Crippen molar-refractivity contribution in [2.24, 2.45) is 0 Å². The van der Waals surface area contributed by atoms with Gasteiger partial charge in [-0.05, 0) is 37.1 Å². The Labute approximate surface area is 90.5 Å². The Bertz CT molecular complexity index is 551. The van der Waals surface area contributed by atoms with Crippen molar-refractivity contribution >= 4 is 23.2 Å². The van der Waals surface area contributed by atoms with Crippen molar-refractivity contribution in [1.82, 2.24) is 0 Å². The number of aryl methyl sites for hydroxylation is 1. The van der Waals surface area contributed by atoms with E-state index in [9.17, 15) is 4.57 Å². The zero-order valence-corrected chi connectivity index (χ0v) is 10.2. The van der Waals surface area contributed by atoms with E-state index in [1.165, 1.54) is 16.3 Å². The molecule has 2 aromatic rings. The molecule has 0 unspecified atom stereocenters. The molecule has 0 saturated heterocycles. The second-order valence-corrected chi connectivity index (χ2v) is 7.60. The highest BCUT2D eigenvalue weighted by molar-refractivity contribution is 7.70. The summed E-state index contributed by atoms with van der Waals surface area (Å²) in [5.74, 6) is 0. The SMILES string of the molecule is Cc1ccc2cc(P(C)(C)=O)ccc2c1. The summed E-state index contributed by atoms with van der Waals surface area (Å²) < 4.78 is 11.9. The maximum atomic E-state index is 11.9. The lowest BCUT2D eigenvalue weighted by Gasteiger charge is -2.08. The fraction of sp³-hybridized carbons (Fsp3) is 0.231. The fourth-order valence-corrected chi connectivity index (χ4v) is 2.57. The minimum Gasteiger partial charge on any atom is -0.319 e. The number of benzene rings is 2. The van der Waals surface area contributed by atoms with E-state index in [0.717, 1.165) is 5.30 Å². The smallest absolute Gasteiger partial charge is 0.109 e. The quantitative estimate of drug-likeness (QED) is 0.670. The predicted molar refractivity (Wildman–Crippen MR) is 67.8 cm³/mol. The number of fused-ring (bicyclic) bond motifs is 1. The summed E-state index contributed by atoms with van der Waals surface area (Å²) in [7, 11) is -2.13. The average Bonchev–Trinajstić information content (AvgIpc) is 2.15. The van der Waals surface area contributed by atoms with Crippen LogP contribution in [0.3, 0.4) is 0 Å².